The average molecular weight is 634 g/mol. The molecule has 1 saturated heterocycles. The molecule has 1 aliphatic rings. The summed E-state index contributed by atoms with van der Waals surface area (Å²) in [4.78, 5) is 64.8. The number of nitrogens with zero attached hydrogens (tertiary/aromatic N) is 3. The van der Waals surface area contributed by atoms with E-state index >= 15 is 0 Å². The van der Waals surface area contributed by atoms with Crippen molar-refractivity contribution in [3.05, 3.63) is 87.3 Å². The lowest BCUT2D eigenvalue weighted by molar-refractivity contribution is -0.384. The molecule has 3 aromatic carbocycles. The Hall–Kier alpha value is -5.37. The van der Waals surface area contributed by atoms with Gasteiger partial charge in [-0.3, -0.25) is 34.2 Å². The van der Waals surface area contributed by atoms with Crippen LogP contribution in [0.3, 0.4) is 0 Å². The van der Waals surface area contributed by atoms with Crippen molar-refractivity contribution in [3.63, 3.8) is 0 Å². The summed E-state index contributed by atoms with van der Waals surface area (Å²) in [6.45, 7) is 4.46. The molecule has 1 aliphatic heterocycles. The van der Waals surface area contributed by atoms with Gasteiger partial charge in [0.1, 0.15) is 18.0 Å². The van der Waals surface area contributed by atoms with E-state index in [2.05, 4.69) is 15.5 Å². The molecule has 0 atom stereocenters. The van der Waals surface area contributed by atoms with Crippen molar-refractivity contribution in [2.75, 3.05) is 48.9 Å². The molecule has 0 aliphatic carbocycles. The molecule has 1 fully saturated rings. The summed E-state index contributed by atoms with van der Waals surface area (Å²) in [6, 6.07) is 17.5. The Morgan fingerprint density at radius 3 is 2.44 bits per heavy atom. The minimum absolute atomic E-state index is 0.0755. The SMILES string of the molecule is CCN(CC)c1ccc(/C=C2/SC(=O)N(CC(=O)Nc3ccccc3OC)C2=O)c(OCC(=O)Nc2cccc([N+](=O)[O-])c2)c1. The second kappa shape index (κ2) is 14.9. The molecule has 2 N–H and O–H groups in total. The number of ether oxygens (including phenoxy) is 2. The van der Waals surface area contributed by atoms with Crippen molar-refractivity contribution in [1.29, 1.82) is 0 Å². The van der Waals surface area contributed by atoms with Gasteiger partial charge in [0, 0.05) is 48.2 Å². The highest BCUT2D eigenvalue weighted by atomic mass is 32.2. The van der Waals surface area contributed by atoms with E-state index < -0.39 is 41.0 Å². The summed E-state index contributed by atoms with van der Waals surface area (Å²) >= 11 is 0.684. The third-order valence-electron chi connectivity index (χ3n) is 6.67. The first-order valence-electron chi connectivity index (χ1n) is 13.9. The first kappa shape index (κ1) is 32.5. The Balaban J connectivity index is 1.52. The predicted molar refractivity (Wildman–Crippen MR) is 172 cm³/mol. The standard InChI is InChI=1S/C31H31N5O8S/c1-4-34(5-2)22-14-13-20(26(17-22)44-19-29(38)32-21-9-8-10-23(16-21)36(41)42)15-27-30(39)35(31(40)45-27)18-28(37)33-24-11-6-7-12-25(24)43-3/h6-17H,4-5,18-19H2,1-3H3,(H,32,38)(H,33,37)/b27-15+. The number of nitro groups is 1. The molecule has 234 valence electrons. The number of nitrogens with one attached hydrogen (secondary N) is 2. The van der Waals surface area contributed by atoms with Crippen LogP contribution in [0.4, 0.5) is 27.5 Å². The summed E-state index contributed by atoms with van der Waals surface area (Å²) in [5.74, 6) is -1.09. The molecule has 4 amide bonds. The van der Waals surface area contributed by atoms with Gasteiger partial charge in [0.15, 0.2) is 6.61 Å². The van der Waals surface area contributed by atoms with Gasteiger partial charge in [-0.05, 0) is 62.0 Å². The number of non-ortho nitro benzene ring substituents is 1. The van der Waals surface area contributed by atoms with Crippen LogP contribution in [0.5, 0.6) is 11.5 Å². The van der Waals surface area contributed by atoms with Crippen LogP contribution in [0, 0.1) is 10.1 Å². The Kier molecular flexibility index (Phi) is 10.8. The molecule has 0 saturated carbocycles. The number of carbonyl (C=O) groups is 4. The van der Waals surface area contributed by atoms with E-state index in [4.69, 9.17) is 9.47 Å². The molecule has 0 unspecified atom stereocenters. The second-order valence-electron chi connectivity index (χ2n) is 9.56. The van der Waals surface area contributed by atoms with Gasteiger partial charge < -0.3 is 25.0 Å². The van der Waals surface area contributed by atoms with Gasteiger partial charge in [-0.1, -0.05) is 18.2 Å². The number of hydrogen-bond acceptors (Lipinski definition) is 10. The highest BCUT2D eigenvalue weighted by Crippen LogP contribution is 2.35. The Labute approximate surface area is 263 Å². The smallest absolute Gasteiger partial charge is 0.294 e. The van der Waals surface area contributed by atoms with Crippen LogP contribution in [0.15, 0.2) is 71.6 Å². The summed E-state index contributed by atoms with van der Waals surface area (Å²) in [7, 11) is 1.46. The largest absolute Gasteiger partial charge is 0.495 e. The fourth-order valence-electron chi connectivity index (χ4n) is 4.45. The maximum absolute atomic E-state index is 13.2. The second-order valence-corrected chi connectivity index (χ2v) is 10.5. The Morgan fingerprint density at radius 1 is 0.978 bits per heavy atom. The van der Waals surface area contributed by atoms with Crippen LogP contribution in [0.25, 0.3) is 6.08 Å². The van der Waals surface area contributed by atoms with Crippen LogP contribution in [0.1, 0.15) is 19.4 Å². The number of para-hydroxylation sites is 2. The van der Waals surface area contributed by atoms with Gasteiger partial charge in [-0.25, -0.2) is 0 Å². The average Bonchev–Trinajstić information content (AvgIpc) is 3.28. The Bertz CT molecular complexity index is 1660. The van der Waals surface area contributed by atoms with Gasteiger partial charge in [-0.15, -0.1) is 0 Å². The van der Waals surface area contributed by atoms with Crippen LogP contribution in [-0.4, -0.2) is 66.1 Å². The van der Waals surface area contributed by atoms with Crippen molar-refractivity contribution in [1.82, 2.24) is 4.90 Å². The Morgan fingerprint density at radius 2 is 1.73 bits per heavy atom. The number of imide groups is 1. The lowest BCUT2D eigenvalue weighted by Gasteiger charge is -2.22. The van der Waals surface area contributed by atoms with Crippen molar-refractivity contribution >= 4 is 63.5 Å². The molecule has 14 heteroatoms. The van der Waals surface area contributed by atoms with Crippen LogP contribution in [0.2, 0.25) is 0 Å². The summed E-state index contributed by atoms with van der Waals surface area (Å²) in [5.41, 5.74) is 1.70. The van der Waals surface area contributed by atoms with Gasteiger partial charge in [0.05, 0.1) is 22.6 Å². The topological polar surface area (TPSA) is 160 Å². The molecule has 4 rings (SSSR count). The lowest BCUT2D eigenvalue weighted by Crippen LogP contribution is -2.36. The zero-order chi connectivity index (χ0) is 32.5. The highest BCUT2D eigenvalue weighted by Gasteiger charge is 2.36. The van der Waals surface area contributed by atoms with Gasteiger partial charge in [0.2, 0.25) is 5.91 Å². The first-order valence-corrected chi connectivity index (χ1v) is 14.7. The number of nitro benzene ring substituents is 1. The molecule has 0 spiro atoms. The summed E-state index contributed by atoms with van der Waals surface area (Å²) < 4.78 is 11.1. The monoisotopic (exact) mass is 633 g/mol. The highest BCUT2D eigenvalue weighted by molar-refractivity contribution is 8.18. The van der Waals surface area contributed by atoms with E-state index in [9.17, 15) is 29.3 Å². The quantitative estimate of drug-likeness (QED) is 0.146. The zero-order valence-electron chi connectivity index (χ0n) is 24.8. The zero-order valence-corrected chi connectivity index (χ0v) is 25.6. The van der Waals surface area contributed by atoms with E-state index in [0.29, 0.717) is 41.9 Å². The van der Waals surface area contributed by atoms with Crippen molar-refractivity contribution in [2.24, 2.45) is 0 Å². The van der Waals surface area contributed by atoms with Crippen LogP contribution < -0.4 is 25.0 Å². The van der Waals surface area contributed by atoms with Crippen LogP contribution >= 0.6 is 11.8 Å². The molecule has 13 nitrogen and oxygen atoms in total. The van der Waals surface area contributed by atoms with E-state index in [0.717, 1.165) is 10.6 Å². The molecule has 1 heterocycles. The van der Waals surface area contributed by atoms with Crippen molar-refractivity contribution in [2.45, 2.75) is 13.8 Å². The number of benzene rings is 3. The molecule has 0 radical (unpaired) electrons. The number of rotatable bonds is 13. The van der Waals surface area contributed by atoms with Gasteiger partial charge >= 0.3 is 0 Å². The van der Waals surface area contributed by atoms with Crippen molar-refractivity contribution < 1.29 is 33.6 Å². The molecular formula is C31H31N5O8S. The maximum Gasteiger partial charge on any atom is 0.294 e. The van der Waals surface area contributed by atoms with Crippen molar-refractivity contribution in [3.8, 4) is 11.5 Å². The minimum Gasteiger partial charge on any atom is -0.495 e. The fraction of sp³-hybridized carbons (Fsp3) is 0.226. The molecular weight excluding hydrogens is 602 g/mol. The fourth-order valence-corrected chi connectivity index (χ4v) is 5.28. The van der Waals surface area contributed by atoms with Gasteiger partial charge in [0.25, 0.3) is 22.7 Å². The minimum atomic E-state index is -0.651. The first-order chi connectivity index (χ1) is 21.6. The number of hydrogen-bond donors (Lipinski definition) is 2. The molecule has 0 bridgehead atoms. The third-order valence-corrected chi connectivity index (χ3v) is 7.58. The third kappa shape index (κ3) is 8.17. The van der Waals surface area contributed by atoms with E-state index in [1.807, 2.05) is 19.9 Å². The molecule has 45 heavy (non-hydrogen) atoms. The van der Waals surface area contributed by atoms with Gasteiger partial charge in [-0.2, -0.15) is 0 Å². The number of carbonyl (C=O) groups excluding carboxylic acids is 4. The normalized spacial score (nSPS) is 13.5. The predicted octanol–water partition coefficient (Wildman–Crippen LogP) is 5.14. The summed E-state index contributed by atoms with van der Waals surface area (Å²) in [6.07, 6.45) is 1.48. The molecule has 0 aromatic heterocycles. The van der Waals surface area contributed by atoms with E-state index in [1.165, 1.54) is 37.5 Å². The number of methoxy groups -OCH3 is 1. The van der Waals surface area contributed by atoms with Crippen LogP contribution in [-0.2, 0) is 14.4 Å². The summed E-state index contributed by atoms with van der Waals surface area (Å²) in [5, 5.41) is 15.7. The van der Waals surface area contributed by atoms with E-state index in [1.54, 1.807) is 36.4 Å². The maximum atomic E-state index is 13.2. The lowest BCUT2D eigenvalue weighted by atomic mass is 10.1. The number of thioether (sulfide) groups is 1. The number of anilines is 3. The number of amides is 4. The van der Waals surface area contributed by atoms with E-state index in [-0.39, 0.29) is 22.0 Å². The molecule has 3 aromatic rings.